The van der Waals surface area contributed by atoms with E-state index in [1.807, 2.05) is 0 Å². The largest absolute Gasteiger partial charge is 0.352 e. The Balaban J connectivity index is 0.00000220. The minimum Gasteiger partial charge on any atom is -0.352 e. The summed E-state index contributed by atoms with van der Waals surface area (Å²) in [6.45, 7) is 3.37. The number of carbonyl (C=O) groups excluding carboxylic acids is 1. The molecule has 7 heteroatoms. The lowest BCUT2D eigenvalue weighted by Gasteiger charge is -2.11. The summed E-state index contributed by atoms with van der Waals surface area (Å²) < 4.78 is 0. The van der Waals surface area contributed by atoms with Crippen molar-refractivity contribution < 1.29 is 9.72 Å². The molecular weight excluding hydrogens is 294 g/mol. The van der Waals surface area contributed by atoms with E-state index in [0.717, 1.165) is 19.4 Å². The molecule has 0 aromatic heterocycles. The predicted octanol–water partition coefficient (Wildman–Crippen LogP) is 2.20. The highest BCUT2D eigenvalue weighted by Crippen LogP contribution is 2.16. The van der Waals surface area contributed by atoms with E-state index in [1.165, 1.54) is 18.6 Å². The summed E-state index contributed by atoms with van der Waals surface area (Å²) in [5, 5.41) is 17.0. The number of carbonyl (C=O) groups is 1. The Bertz CT molecular complexity index is 516. The van der Waals surface area contributed by atoms with Crippen molar-refractivity contribution in [3.63, 3.8) is 0 Å². The summed E-state index contributed by atoms with van der Waals surface area (Å²) >= 11 is 0. The van der Waals surface area contributed by atoms with Crippen LogP contribution >= 0.6 is 12.4 Å². The number of nitrogens with one attached hydrogen (secondary N) is 2. The highest BCUT2D eigenvalue weighted by Gasteiger charge is 2.15. The number of benzene rings is 1. The molecule has 1 atom stereocenters. The van der Waals surface area contributed by atoms with E-state index < -0.39 is 4.92 Å². The van der Waals surface area contributed by atoms with Crippen LogP contribution in [0, 0.1) is 17.0 Å². The van der Waals surface area contributed by atoms with Crippen LogP contribution in [-0.2, 0) is 0 Å². The molecule has 2 N–H and O–H groups in total. The molecule has 1 aliphatic rings. The molecule has 116 valence electrons. The molecule has 21 heavy (non-hydrogen) atoms. The summed E-state index contributed by atoms with van der Waals surface area (Å²) in [5.41, 5.74) is 1.01. The molecule has 1 heterocycles. The Morgan fingerprint density at radius 3 is 2.86 bits per heavy atom. The number of rotatable bonds is 5. The van der Waals surface area contributed by atoms with Crippen molar-refractivity contribution in [3.05, 3.63) is 39.4 Å². The van der Waals surface area contributed by atoms with E-state index in [1.54, 1.807) is 13.0 Å². The van der Waals surface area contributed by atoms with Crippen molar-refractivity contribution in [3.8, 4) is 0 Å². The number of halogens is 1. The van der Waals surface area contributed by atoms with Crippen molar-refractivity contribution in [1.82, 2.24) is 10.6 Å². The molecule has 1 amide bonds. The Labute approximate surface area is 129 Å². The van der Waals surface area contributed by atoms with E-state index in [2.05, 4.69) is 10.6 Å². The number of nitro groups is 1. The van der Waals surface area contributed by atoms with Crippen molar-refractivity contribution in [1.29, 1.82) is 0 Å². The third-order valence-corrected chi connectivity index (χ3v) is 3.48. The molecular formula is C14H20ClN3O3. The lowest BCUT2D eigenvalue weighted by molar-refractivity contribution is -0.384. The highest BCUT2D eigenvalue weighted by atomic mass is 35.5. The second-order valence-electron chi connectivity index (χ2n) is 5.15. The van der Waals surface area contributed by atoms with Gasteiger partial charge in [-0.2, -0.15) is 0 Å². The van der Waals surface area contributed by atoms with Crippen LogP contribution in [0.15, 0.2) is 18.2 Å². The molecule has 0 spiro atoms. The van der Waals surface area contributed by atoms with Crippen molar-refractivity contribution >= 4 is 24.0 Å². The standard InChI is InChI=1S/C14H19N3O3.ClH/c1-10-7-11(9-13(8-10)17(19)20)14(18)16-6-4-12-3-2-5-15-12;/h7-9,12,15H,2-6H2,1H3,(H,16,18);1H/t12-;/m1./s1. The van der Waals surface area contributed by atoms with Gasteiger partial charge in [-0.15, -0.1) is 12.4 Å². The molecule has 1 aromatic rings. The SMILES string of the molecule is Cc1cc(C(=O)NCC[C@H]2CCCN2)cc([N+](=O)[O-])c1.Cl. The molecule has 0 bridgehead atoms. The fourth-order valence-electron chi connectivity index (χ4n) is 2.46. The van der Waals surface area contributed by atoms with Gasteiger partial charge >= 0.3 is 0 Å². The average molecular weight is 314 g/mol. The minimum absolute atomic E-state index is 0. The first-order chi connectivity index (χ1) is 9.56. The van der Waals surface area contributed by atoms with Crippen LogP contribution in [0.3, 0.4) is 0 Å². The topological polar surface area (TPSA) is 84.3 Å². The van der Waals surface area contributed by atoms with Gasteiger partial charge in [-0.3, -0.25) is 14.9 Å². The number of aryl methyl sites for hydroxylation is 1. The van der Waals surface area contributed by atoms with Gasteiger partial charge in [0, 0.05) is 30.3 Å². The smallest absolute Gasteiger partial charge is 0.270 e. The van der Waals surface area contributed by atoms with Crippen LogP contribution in [0.1, 0.15) is 35.2 Å². The Morgan fingerprint density at radius 2 is 2.24 bits per heavy atom. The van der Waals surface area contributed by atoms with Gasteiger partial charge in [0.05, 0.1) is 4.92 Å². The van der Waals surface area contributed by atoms with Crippen LogP contribution in [-0.4, -0.2) is 30.0 Å². The van der Waals surface area contributed by atoms with E-state index in [4.69, 9.17) is 0 Å². The number of hydrogen-bond acceptors (Lipinski definition) is 4. The second kappa shape index (κ2) is 7.95. The second-order valence-corrected chi connectivity index (χ2v) is 5.15. The summed E-state index contributed by atoms with van der Waals surface area (Å²) in [7, 11) is 0. The Morgan fingerprint density at radius 1 is 1.48 bits per heavy atom. The summed E-state index contributed by atoms with van der Waals surface area (Å²) in [6, 6.07) is 4.91. The van der Waals surface area contributed by atoms with Gasteiger partial charge in [-0.05, 0) is 44.4 Å². The predicted molar refractivity (Wildman–Crippen MR) is 83.1 cm³/mol. The molecule has 1 aromatic carbocycles. The average Bonchev–Trinajstić information content (AvgIpc) is 2.91. The van der Waals surface area contributed by atoms with Crippen LogP contribution in [0.2, 0.25) is 0 Å². The molecule has 1 fully saturated rings. The van der Waals surface area contributed by atoms with Crippen LogP contribution in [0.4, 0.5) is 5.69 Å². The van der Waals surface area contributed by atoms with E-state index in [-0.39, 0.29) is 24.0 Å². The molecule has 2 rings (SSSR count). The van der Waals surface area contributed by atoms with Crippen molar-refractivity contribution in [2.75, 3.05) is 13.1 Å². The minimum atomic E-state index is -0.480. The highest BCUT2D eigenvalue weighted by molar-refractivity contribution is 5.95. The zero-order valence-electron chi connectivity index (χ0n) is 11.9. The number of non-ortho nitro benzene ring substituents is 1. The first-order valence-corrected chi connectivity index (χ1v) is 6.84. The molecule has 1 saturated heterocycles. The number of amides is 1. The van der Waals surface area contributed by atoms with Gasteiger partial charge in [0.1, 0.15) is 0 Å². The molecule has 0 aliphatic carbocycles. The van der Waals surface area contributed by atoms with Crippen LogP contribution < -0.4 is 10.6 Å². The summed E-state index contributed by atoms with van der Waals surface area (Å²) in [4.78, 5) is 22.3. The fraction of sp³-hybridized carbons (Fsp3) is 0.500. The normalized spacial score (nSPS) is 17.1. The first-order valence-electron chi connectivity index (χ1n) is 6.84. The number of nitrogens with zero attached hydrogens (tertiary/aromatic N) is 1. The molecule has 1 aliphatic heterocycles. The van der Waals surface area contributed by atoms with Crippen LogP contribution in [0.5, 0.6) is 0 Å². The van der Waals surface area contributed by atoms with Crippen molar-refractivity contribution in [2.24, 2.45) is 0 Å². The monoisotopic (exact) mass is 313 g/mol. The Hall–Kier alpha value is -1.66. The van der Waals surface area contributed by atoms with E-state index in [9.17, 15) is 14.9 Å². The third kappa shape index (κ3) is 4.99. The maximum absolute atomic E-state index is 12.0. The first kappa shape index (κ1) is 17.4. The maximum atomic E-state index is 12.0. The molecule has 0 unspecified atom stereocenters. The molecule has 6 nitrogen and oxygen atoms in total. The van der Waals surface area contributed by atoms with Gasteiger partial charge in [0.2, 0.25) is 0 Å². The van der Waals surface area contributed by atoms with E-state index in [0.29, 0.717) is 23.7 Å². The quantitative estimate of drug-likeness (QED) is 0.644. The zero-order chi connectivity index (χ0) is 14.5. The number of hydrogen-bond donors (Lipinski definition) is 2. The van der Waals surface area contributed by atoms with Gasteiger partial charge in [0.15, 0.2) is 0 Å². The lowest BCUT2D eigenvalue weighted by Crippen LogP contribution is -2.30. The van der Waals surface area contributed by atoms with Crippen LogP contribution in [0.25, 0.3) is 0 Å². The van der Waals surface area contributed by atoms with Crippen molar-refractivity contribution in [2.45, 2.75) is 32.2 Å². The lowest BCUT2D eigenvalue weighted by atomic mass is 10.1. The summed E-state index contributed by atoms with van der Waals surface area (Å²) in [6.07, 6.45) is 3.22. The number of nitro benzene ring substituents is 1. The third-order valence-electron chi connectivity index (χ3n) is 3.48. The van der Waals surface area contributed by atoms with E-state index >= 15 is 0 Å². The van der Waals surface area contributed by atoms with Gasteiger partial charge in [-0.25, -0.2) is 0 Å². The summed E-state index contributed by atoms with van der Waals surface area (Å²) in [5.74, 6) is -0.255. The van der Waals surface area contributed by atoms with Gasteiger partial charge in [0.25, 0.3) is 11.6 Å². The Kier molecular flexibility index (Phi) is 6.58. The van der Waals surface area contributed by atoms with Gasteiger partial charge < -0.3 is 10.6 Å². The fourth-order valence-corrected chi connectivity index (χ4v) is 2.46. The molecule has 0 saturated carbocycles. The maximum Gasteiger partial charge on any atom is 0.270 e. The molecule has 0 radical (unpaired) electrons. The van der Waals surface area contributed by atoms with Gasteiger partial charge in [-0.1, -0.05) is 0 Å². The zero-order valence-corrected chi connectivity index (χ0v) is 12.7.